The molecule has 0 saturated heterocycles. The van der Waals surface area contributed by atoms with Crippen LogP contribution in [0.15, 0.2) is 24.3 Å². The summed E-state index contributed by atoms with van der Waals surface area (Å²) in [5, 5.41) is 5.93. The first kappa shape index (κ1) is 20.8. The van der Waals surface area contributed by atoms with Gasteiger partial charge in [-0.05, 0) is 42.5 Å². The second-order valence-corrected chi connectivity index (χ2v) is 6.97. The molecule has 1 amide bonds. The zero-order chi connectivity index (χ0) is 18.7. The predicted octanol–water partition coefficient (Wildman–Crippen LogP) is 2.44. The maximum atomic E-state index is 11.8. The first-order valence-electron chi connectivity index (χ1n) is 8.48. The van der Waals surface area contributed by atoms with Gasteiger partial charge in [0, 0.05) is 24.4 Å². The smallest absolute Gasteiger partial charge is 0.246 e. The summed E-state index contributed by atoms with van der Waals surface area (Å²) in [5.74, 6) is -0.277. The van der Waals surface area contributed by atoms with Crippen molar-refractivity contribution in [1.82, 2.24) is 5.32 Å². The number of nitrogens with one attached hydrogen (secondary N) is 2. The topological polar surface area (TPSA) is 84.5 Å². The second-order valence-electron chi connectivity index (χ2n) is 6.97. The van der Waals surface area contributed by atoms with Crippen LogP contribution >= 0.6 is 0 Å². The summed E-state index contributed by atoms with van der Waals surface area (Å²) in [6.07, 6.45) is 3.29. The Labute approximate surface area is 149 Å². The minimum Gasteiger partial charge on any atom is -0.385 e. The fourth-order valence-electron chi connectivity index (χ4n) is 2.08. The summed E-state index contributed by atoms with van der Waals surface area (Å²) in [6.45, 7) is 6.92. The molecule has 1 aromatic carbocycles. The van der Waals surface area contributed by atoms with Crippen LogP contribution in [0, 0.1) is 5.41 Å². The van der Waals surface area contributed by atoms with Crippen LogP contribution in [0.2, 0.25) is 0 Å². The van der Waals surface area contributed by atoms with E-state index in [1.807, 2.05) is 32.9 Å². The lowest BCUT2D eigenvalue weighted by atomic mass is 9.88. The molecule has 25 heavy (non-hydrogen) atoms. The summed E-state index contributed by atoms with van der Waals surface area (Å²) in [6, 6.07) is 6.74. The monoisotopic (exact) mass is 348 g/mol. The van der Waals surface area contributed by atoms with E-state index in [1.54, 1.807) is 12.1 Å². The third kappa shape index (κ3) is 8.44. The molecule has 1 unspecified atom stereocenters. The number of amides is 1. The number of carbonyl (C=O) groups is 3. The van der Waals surface area contributed by atoms with Gasteiger partial charge >= 0.3 is 0 Å². The van der Waals surface area contributed by atoms with E-state index < -0.39 is 6.04 Å². The van der Waals surface area contributed by atoms with Crippen LogP contribution in [0.25, 0.3) is 0 Å². The Morgan fingerprint density at radius 3 is 2.40 bits per heavy atom. The van der Waals surface area contributed by atoms with Gasteiger partial charge in [-0.1, -0.05) is 20.8 Å². The highest BCUT2D eigenvalue weighted by molar-refractivity contribution is 5.81. The van der Waals surface area contributed by atoms with Crippen molar-refractivity contribution in [3.63, 3.8) is 0 Å². The van der Waals surface area contributed by atoms with E-state index >= 15 is 0 Å². The van der Waals surface area contributed by atoms with Crippen LogP contribution < -0.4 is 10.6 Å². The van der Waals surface area contributed by atoms with Crippen LogP contribution in [-0.4, -0.2) is 44.3 Å². The summed E-state index contributed by atoms with van der Waals surface area (Å²) in [7, 11) is 0. The number of hydrogen-bond donors (Lipinski definition) is 2. The van der Waals surface area contributed by atoms with Crippen molar-refractivity contribution >= 4 is 24.2 Å². The molecule has 0 heterocycles. The Hall–Kier alpha value is -2.21. The van der Waals surface area contributed by atoms with Gasteiger partial charge in [0.2, 0.25) is 5.91 Å². The molecule has 6 nitrogen and oxygen atoms in total. The maximum absolute atomic E-state index is 11.8. The minimum absolute atomic E-state index is 0.0407. The third-order valence-corrected chi connectivity index (χ3v) is 3.71. The number of hydrogen-bond acceptors (Lipinski definition) is 5. The van der Waals surface area contributed by atoms with E-state index in [-0.39, 0.29) is 17.9 Å². The Morgan fingerprint density at radius 1 is 1.16 bits per heavy atom. The Bertz CT molecular complexity index is 550. The molecule has 0 bridgehead atoms. The van der Waals surface area contributed by atoms with Gasteiger partial charge in [-0.15, -0.1) is 0 Å². The van der Waals surface area contributed by atoms with Crippen molar-refractivity contribution in [2.24, 2.45) is 5.41 Å². The zero-order valence-corrected chi connectivity index (χ0v) is 15.2. The molecule has 0 aliphatic carbocycles. The highest BCUT2D eigenvalue weighted by atomic mass is 16.5. The molecule has 0 fully saturated rings. The molecular formula is C19H28N2O4. The minimum atomic E-state index is -0.515. The molecule has 2 N–H and O–H groups in total. The Morgan fingerprint density at radius 2 is 1.84 bits per heavy atom. The zero-order valence-electron chi connectivity index (χ0n) is 15.2. The second kappa shape index (κ2) is 10.6. The first-order chi connectivity index (χ1) is 11.9. The van der Waals surface area contributed by atoms with Gasteiger partial charge in [0.15, 0.2) is 0 Å². The molecule has 138 valence electrons. The summed E-state index contributed by atoms with van der Waals surface area (Å²) >= 11 is 0. The van der Waals surface area contributed by atoms with Gasteiger partial charge in [-0.25, -0.2) is 0 Å². The Kier molecular flexibility index (Phi) is 8.84. The van der Waals surface area contributed by atoms with Crippen molar-refractivity contribution in [3.05, 3.63) is 29.8 Å². The molecule has 0 aromatic heterocycles. The number of benzene rings is 1. The summed E-state index contributed by atoms with van der Waals surface area (Å²) in [5.41, 5.74) is 1.31. The lowest BCUT2D eigenvalue weighted by molar-refractivity contribution is -0.129. The van der Waals surface area contributed by atoms with Gasteiger partial charge < -0.3 is 20.2 Å². The number of unbranched alkanes of at least 4 members (excludes halogenated alkanes) is 1. The van der Waals surface area contributed by atoms with E-state index in [0.29, 0.717) is 12.2 Å². The van der Waals surface area contributed by atoms with Crippen LogP contribution in [0.1, 0.15) is 44.0 Å². The summed E-state index contributed by atoms with van der Waals surface area (Å²) < 4.78 is 5.34. The molecule has 1 atom stereocenters. The molecule has 1 aromatic rings. The Balaban J connectivity index is 2.10. The average molecular weight is 348 g/mol. The van der Waals surface area contributed by atoms with Crippen molar-refractivity contribution in [2.75, 3.05) is 25.1 Å². The standard InChI is InChI=1S/C19H28N2O4/c1-19(2,3)17(13-23)21-18(24)14-25-11-5-4-10-20-16-8-6-15(12-22)7-9-16/h6-9,12-13,17,20H,4-5,10-11,14H2,1-3H3,(H,21,24). The number of carbonyl (C=O) groups excluding carboxylic acids is 3. The fraction of sp³-hybridized carbons (Fsp3) is 0.526. The predicted molar refractivity (Wildman–Crippen MR) is 97.8 cm³/mol. The molecule has 0 saturated carbocycles. The van der Waals surface area contributed by atoms with E-state index in [0.717, 1.165) is 37.6 Å². The van der Waals surface area contributed by atoms with Crippen molar-refractivity contribution < 1.29 is 19.1 Å². The molecular weight excluding hydrogens is 320 g/mol. The number of ether oxygens (including phenoxy) is 1. The van der Waals surface area contributed by atoms with Crippen LogP contribution in [0.5, 0.6) is 0 Å². The molecule has 0 spiro atoms. The lowest BCUT2D eigenvalue weighted by Crippen LogP contribution is -2.46. The maximum Gasteiger partial charge on any atom is 0.246 e. The molecule has 6 heteroatoms. The highest BCUT2D eigenvalue weighted by Crippen LogP contribution is 2.17. The van der Waals surface area contributed by atoms with Gasteiger partial charge in [0.1, 0.15) is 19.2 Å². The van der Waals surface area contributed by atoms with Crippen molar-refractivity contribution in [3.8, 4) is 0 Å². The van der Waals surface area contributed by atoms with Crippen LogP contribution in [0.4, 0.5) is 5.69 Å². The van der Waals surface area contributed by atoms with Crippen LogP contribution in [0.3, 0.4) is 0 Å². The summed E-state index contributed by atoms with van der Waals surface area (Å²) in [4.78, 5) is 33.3. The first-order valence-corrected chi connectivity index (χ1v) is 8.48. The number of aldehydes is 2. The number of anilines is 1. The van der Waals surface area contributed by atoms with Crippen molar-refractivity contribution in [1.29, 1.82) is 0 Å². The van der Waals surface area contributed by atoms with E-state index in [9.17, 15) is 14.4 Å². The third-order valence-electron chi connectivity index (χ3n) is 3.71. The van der Waals surface area contributed by atoms with E-state index in [1.165, 1.54) is 0 Å². The quantitative estimate of drug-likeness (QED) is 0.474. The van der Waals surface area contributed by atoms with Gasteiger partial charge in [-0.3, -0.25) is 9.59 Å². The number of rotatable bonds is 11. The molecule has 0 aliphatic heterocycles. The van der Waals surface area contributed by atoms with Gasteiger partial charge in [0.05, 0.1) is 6.04 Å². The average Bonchev–Trinajstić information content (AvgIpc) is 2.58. The van der Waals surface area contributed by atoms with Crippen LogP contribution in [-0.2, 0) is 14.3 Å². The molecule has 0 aliphatic rings. The highest BCUT2D eigenvalue weighted by Gasteiger charge is 2.25. The van der Waals surface area contributed by atoms with E-state index in [2.05, 4.69) is 10.6 Å². The lowest BCUT2D eigenvalue weighted by Gasteiger charge is -2.26. The molecule has 1 rings (SSSR count). The molecule has 0 radical (unpaired) electrons. The van der Waals surface area contributed by atoms with E-state index in [4.69, 9.17) is 4.74 Å². The normalized spacial score (nSPS) is 12.3. The van der Waals surface area contributed by atoms with Crippen molar-refractivity contribution in [2.45, 2.75) is 39.7 Å². The SMILES string of the molecule is CC(C)(C)C(C=O)NC(=O)COCCCCNc1ccc(C=O)cc1. The fourth-order valence-corrected chi connectivity index (χ4v) is 2.08. The van der Waals surface area contributed by atoms with Gasteiger partial charge in [-0.2, -0.15) is 0 Å². The largest absolute Gasteiger partial charge is 0.385 e. The van der Waals surface area contributed by atoms with Gasteiger partial charge in [0.25, 0.3) is 0 Å².